The van der Waals surface area contributed by atoms with Crippen molar-refractivity contribution < 1.29 is 13.2 Å². The number of para-hydroxylation sites is 1. The highest BCUT2D eigenvalue weighted by atomic mass is 19.4. The maximum absolute atomic E-state index is 13.0. The smallest absolute Gasteiger partial charge is 0.378 e. The Balaban J connectivity index is 2.27. The zero-order valence-electron chi connectivity index (χ0n) is 12.3. The van der Waals surface area contributed by atoms with Crippen LogP contribution in [0.2, 0.25) is 0 Å². The van der Waals surface area contributed by atoms with E-state index in [1.165, 1.54) is 17.7 Å². The summed E-state index contributed by atoms with van der Waals surface area (Å²) in [5, 5.41) is 2.96. The van der Waals surface area contributed by atoms with Crippen LogP contribution in [0.3, 0.4) is 0 Å². The van der Waals surface area contributed by atoms with E-state index in [4.69, 9.17) is 0 Å². The average Bonchev–Trinajstić information content (AvgIpc) is 2.41. The first kappa shape index (κ1) is 15.4. The van der Waals surface area contributed by atoms with Gasteiger partial charge in [0, 0.05) is 11.7 Å². The lowest BCUT2D eigenvalue weighted by Gasteiger charge is -2.20. The van der Waals surface area contributed by atoms with Crippen LogP contribution in [0.1, 0.15) is 35.2 Å². The average molecular weight is 293 g/mol. The summed E-state index contributed by atoms with van der Waals surface area (Å²) in [7, 11) is 0. The molecule has 0 saturated heterocycles. The highest BCUT2D eigenvalue weighted by Crippen LogP contribution is 2.36. The minimum Gasteiger partial charge on any atom is -0.378 e. The molecule has 0 aliphatic heterocycles. The molecular formula is C17H18F3N. The summed E-state index contributed by atoms with van der Waals surface area (Å²) >= 11 is 0. The van der Waals surface area contributed by atoms with Crippen LogP contribution in [0.15, 0.2) is 42.5 Å². The van der Waals surface area contributed by atoms with E-state index in [0.717, 1.165) is 17.2 Å². The lowest BCUT2D eigenvalue weighted by atomic mass is 10.0. The fourth-order valence-electron chi connectivity index (χ4n) is 2.21. The molecule has 0 bridgehead atoms. The van der Waals surface area contributed by atoms with Crippen molar-refractivity contribution in [3.8, 4) is 0 Å². The third kappa shape index (κ3) is 3.57. The van der Waals surface area contributed by atoms with Gasteiger partial charge in [0.1, 0.15) is 0 Å². The van der Waals surface area contributed by atoms with Gasteiger partial charge in [-0.2, -0.15) is 13.2 Å². The number of aryl methyl sites for hydroxylation is 2. The molecule has 0 aromatic heterocycles. The molecule has 0 radical (unpaired) electrons. The Morgan fingerprint density at radius 2 is 1.62 bits per heavy atom. The first-order valence-electron chi connectivity index (χ1n) is 6.79. The molecule has 4 heteroatoms. The molecule has 0 amide bonds. The topological polar surface area (TPSA) is 12.0 Å². The van der Waals surface area contributed by atoms with E-state index in [0.29, 0.717) is 0 Å². The van der Waals surface area contributed by atoms with Crippen molar-refractivity contribution >= 4 is 5.69 Å². The molecule has 0 spiro atoms. The third-order valence-corrected chi connectivity index (χ3v) is 3.64. The second-order valence-corrected chi connectivity index (χ2v) is 5.25. The van der Waals surface area contributed by atoms with Gasteiger partial charge in [0.05, 0.1) is 5.56 Å². The van der Waals surface area contributed by atoms with Crippen LogP contribution in [0, 0.1) is 13.8 Å². The van der Waals surface area contributed by atoms with E-state index in [1.807, 2.05) is 39.0 Å². The molecule has 0 fully saturated rings. The first-order chi connectivity index (χ1) is 9.79. The van der Waals surface area contributed by atoms with Crippen LogP contribution in [0.25, 0.3) is 0 Å². The van der Waals surface area contributed by atoms with Crippen LogP contribution in [-0.4, -0.2) is 0 Å². The van der Waals surface area contributed by atoms with Crippen LogP contribution >= 0.6 is 0 Å². The van der Waals surface area contributed by atoms with Crippen molar-refractivity contribution in [3.05, 3.63) is 64.7 Å². The number of hydrogen-bond acceptors (Lipinski definition) is 1. The number of rotatable bonds is 3. The molecule has 1 N–H and O–H groups in total. The van der Waals surface area contributed by atoms with E-state index in [-0.39, 0.29) is 11.7 Å². The Morgan fingerprint density at radius 1 is 0.952 bits per heavy atom. The Morgan fingerprint density at radius 3 is 2.24 bits per heavy atom. The summed E-state index contributed by atoms with van der Waals surface area (Å²) in [4.78, 5) is 0. The second kappa shape index (κ2) is 5.80. The number of halogens is 3. The lowest BCUT2D eigenvalue weighted by molar-refractivity contribution is -0.137. The van der Waals surface area contributed by atoms with Crippen molar-refractivity contribution in [1.82, 2.24) is 0 Å². The summed E-state index contributed by atoms with van der Waals surface area (Å²) in [5.41, 5.74) is 2.73. The van der Waals surface area contributed by atoms with Crippen molar-refractivity contribution in [2.75, 3.05) is 5.32 Å². The van der Waals surface area contributed by atoms with E-state index in [2.05, 4.69) is 5.32 Å². The molecule has 1 unspecified atom stereocenters. The molecule has 1 nitrogen and oxygen atoms in total. The molecule has 2 rings (SSSR count). The Hall–Kier alpha value is -1.97. The molecule has 2 aromatic rings. The fraction of sp³-hybridized carbons (Fsp3) is 0.294. The molecule has 1 atom stereocenters. The summed E-state index contributed by atoms with van der Waals surface area (Å²) < 4.78 is 38.9. The summed E-state index contributed by atoms with van der Waals surface area (Å²) in [6.07, 6.45) is -4.35. The molecule has 21 heavy (non-hydrogen) atoms. The lowest BCUT2D eigenvalue weighted by Crippen LogP contribution is -2.13. The zero-order valence-corrected chi connectivity index (χ0v) is 12.3. The molecule has 0 saturated carbocycles. The van der Waals surface area contributed by atoms with Crippen molar-refractivity contribution in [2.45, 2.75) is 33.0 Å². The molecule has 0 aliphatic carbocycles. The maximum atomic E-state index is 13.0. The second-order valence-electron chi connectivity index (χ2n) is 5.25. The highest BCUT2D eigenvalue weighted by molar-refractivity contribution is 5.54. The predicted molar refractivity (Wildman–Crippen MR) is 79.4 cm³/mol. The Kier molecular flexibility index (Phi) is 4.26. The van der Waals surface area contributed by atoms with Gasteiger partial charge in [-0.3, -0.25) is 0 Å². The number of benzene rings is 2. The minimum atomic E-state index is -4.35. The van der Waals surface area contributed by atoms with Gasteiger partial charge < -0.3 is 5.32 Å². The SMILES string of the molecule is Cc1ccc(C(C)Nc2ccccc2C(F)(F)F)cc1C. The van der Waals surface area contributed by atoms with Gasteiger partial charge >= 0.3 is 6.18 Å². The summed E-state index contributed by atoms with van der Waals surface area (Å²) in [6.45, 7) is 5.86. The van der Waals surface area contributed by atoms with Gasteiger partial charge in [-0.05, 0) is 49.6 Å². The number of anilines is 1. The van der Waals surface area contributed by atoms with Gasteiger partial charge in [0.2, 0.25) is 0 Å². The zero-order chi connectivity index (χ0) is 15.6. The van der Waals surface area contributed by atoms with Gasteiger partial charge in [0.15, 0.2) is 0 Å². The molecule has 0 aliphatic rings. The predicted octanol–water partition coefficient (Wildman–Crippen LogP) is 5.50. The summed E-state index contributed by atoms with van der Waals surface area (Å²) in [5.74, 6) is 0. The maximum Gasteiger partial charge on any atom is 0.418 e. The van der Waals surface area contributed by atoms with Gasteiger partial charge in [-0.1, -0.05) is 30.3 Å². The molecular weight excluding hydrogens is 275 g/mol. The monoisotopic (exact) mass is 293 g/mol. The standard InChI is InChI=1S/C17H18F3N/c1-11-8-9-14(10-12(11)2)13(3)21-16-7-5-4-6-15(16)17(18,19)20/h4-10,13,21H,1-3H3. The molecule has 112 valence electrons. The largest absolute Gasteiger partial charge is 0.418 e. The highest BCUT2D eigenvalue weighted by Gasteiger charge is 2.33. The quantitative estimate of drug-likeness (QED) is 0.788. The van der Waals surface area contributed by atoms with Crippen LogP contribution in [-0.2, 0) is 6.18 Å². The number of nitrogens with one attached hydrogen (secondary N) is 1. The van der Waals surface area contributed by atoms with E-state index in [1.54, 1.807) is 6.07 Å². The van der Waals surface area contributed by atoms with Crippen molar-refractivity contribution in [2.24, 2.45) is 0 Å². The van der Waals surface area contributed by atoms with Gasteiger partial charge in [-0.25, -0.2) is 0 Å². The van der Waals surface area contributed by atoms with Crippen molar-refractivity contribution in [1.29, 1.82) is 0 Å². The van der Waals surface area contributed by atoms with Gasteiger partial charge in [-0.15, -0.1) is 0 Å². The molecule has 2 aromatic carbocycles. The van der Waals surface area contributed by atoms with Crippen LogP contribution < -0.4 is 5.32 Å². The third-order valence-electron chi connectivity index (χ3n) is 3.64. The molecule has 0 heterocycles. The van der Waals surface area contributed by atoms with E-state index in [9.17, 15) is 13.2 Å². The van der Waals surface area contributed by atoms with Crippen LogP contribution in [0.5, 0.6) is 0 Å². The first-order valence-corrected chi connectivity index (χ1v) is 6.79. The Labute approximate surface area is 122 Å². The van der Waals surface area contributed by atoms with E-state index < -0.39 is 11.7 Å². The fourth-order valence-corrected chi connectivity index (χ4v) is 2.21. The van der Waals surface area contributed by atoms with Crippen LogP contribution in [0.4, 0.5) is 18.9 Å². The van der Waals surface area contributed by atoms with E-state index >= 15 is 0 Å². The van der Waals surface area contributed by atoms with Crippen molar-refractivity contribution in [3.63, 3.8) is 0 Å². The Bertz CT molecular complexity index is 632. The summed E-state index contributed by atoms with van der Waals surface area (Å²) in [6, 6.07) is 11.3. The minimum absolute atomic E-state index is 0.107. The normalized spacial score (nSPS) is 13.0. The number of hydrogen-bond donors (Lipinski definition) is 1. The number of alkyl halides is 3. The van der Waals surface area contributed by atoms with Gasteiger partial charge in [0.25, 0.3) is 0 Å².